The average Bonchev–Trinajstić information content (AvgIpc) is 3.22. The fourth-order valence-electron chi connectivity index (χ4n) is 4.34. The van der Waals surface area contributed by atoms with Crippen LogP contribution in [0.5, 0.6) is 0 Å². The number of nitrogens with zero attached hydrogens (tertiary/aromatic N) is 4. The maximum absolute atomic E-state index is 14.4. The summed E-state index contributed by atoms with van der Waals surface area (Å²) in [6.07, 6.45) is 1.91. The van der Waals surface area contributed by atoms with Crippen molar-refractivity contribution in [3.05, 3.63) is 93.7 Å². The molecule has 0 spiro atoms. The summed E-state index contributed by atoms with van der Waals surface area (Å²) in [6.45, 7) is 2.67. The molecule has 32 heavy (non-hydrogen) atoms. The van der Waals surface area contributed by atoms with E-state index in [0.29, 0.717) is 54.2 Å². The highest BCUT2D eigenvalue weighted by Crippen LogP contribution is 2.27. The van der Waals surface area contributed by atoms with E-state index in [-0.39, 0.29) is 11.4 Å². The van der Waals surface area contributed by atoms with Gasteiger partial charge in [-0.05, 0) is 18.2 Å². The van der Waals surface area contributed by atoms with Crippen molar-refractivity contribution in [3.8, 4) is 11.3 Å². The fourth-order valence-corrected chi connectivity index (χ4v) is 4.34. The van der Waals surface area contributed by atoms with Crippen LogP contribution in [0.3, 0.4) is 0 Å². The molecule has 0 atom stereocenters. The van der Waals surface area contributed by atoms with Crippen molar-refractivity contribution in [1.82, 2.24) is 18.9 Å². The van der Waals surface area contributed by atoms with Gasteiger partial charge >= 0.3 is 5.69 Å². The Bertz CT molecular complexity index is 1420. The van der Waals surface area contributed by atoms with Gasteiger partial charge in [0.25, 0.3) is 0 Å². The molecule has 6 nitrogen and oxygen atoms in total. The van der Waals surface area contributed by atoms with Gasteiger partial charge in [-0.2, -0.15) is 0 Å². The van der Waals surface area contributed by atoms with Crippen molar-refractivity contribution in [2.45, 2.75) is 26.4 Å². The third kappa shape index (κ3) is 3.33. The van der Waals surface area contributed by atoms with Crippen LogP contribution in [-0.2, 0) is 19.5 Å². The van der Waals surface area contributed by atoms with Crippen LogP contribution in [0, 0.1) is 11.6 Å². The van der Waals surface area contributed by atoms with Crippen LogP contribution < -0.4 is 5.69 Å². The molecule has 0 amide bonds. The number of hydrogen-bond donors (Lipinski definition) is 0. The van der Waals surface area contributed by atoms with Gasteiger partial charge in [0, 0.05) is 61.6 Å². The summed E-state index contributed by atoms with van der Waals surface area (Å²) in [6, 6.07) is 12.8. The number of aromatic nitrogens is 3. The Balaban J connectivity index is 1.65. The second-order valence-electron chi connectivity index (χ2n) is 7.91. The van der Waals surface area contributed by atoms with Crippen LogP contribution in [0.4, 0.5) is 8.78 Å². The maximum atomic E-state index is 14.4. The van der Waals surface area contributed by atoms with Crippen molar-refractivity contribution in [2.24, 2.45) is 0 Å². The predicted octanol–water partition coefficient (Wildman–Crippen LogP) is 3.66. The van der Waals surface area contributed by atoms with E-state index in [4.69, 9.17) is 0 Å². The summed E-state index contributed by atoms with van der Waals surface area (Å²) in [5.74, 6) is -1.12. The predicted molar refractivity (Wildman–Crippen MR) is 115 cm³/mol. The van der Waals surface area contributed by atoms with Gasteiger partial charge in [-0.25, -0.2) is 23.1 Å². The normalized spacial score (nSPS) is 14.0. The molecule has 0 aliphatic carbocycles. The molecule has 1 aliphatic rings. The monoisotopic (exact) mass is 434 g/mol. The molecule has 0 bridgehead atoms. The Morgan fingerprint density at radius 3 is 2.50 bits per heavy atom. The second kappa shape index (κ2) is 7.80. The lowest BCUT2D eigenvalue weighted by Crippen LogP contribution is -2.40. The smallest absolute Gasteiger partial charge is 0.294 e. The number of hydrogen-bond acceptors (Lipinski definition) is 4. The highest BCUT2D eigenvalue weighted by atomic mass is 19.1. The largest absolute Gasteiger partial charge is 0.340 e. The van der Waals surface area contributed by atoms with Crippen molar-refractivity contribution >= 4 is 11.6 Å². The molecule has 3 heterocycles. The Morgan fingerprint density at radius 2 is 1.78 bits per heavy atom. The standard InChI is InChI=1S/C24H20F2N4O2/c1-15(31)30-22-10-11-28(12-16-6-2-4-8-19(16)25)13-18(22)23-27-21(14-29(23)24(30)32)17-7-3-5-9-20(17)26/h2-9,14H,10-13H2,1H3. The molecule has 0 saturated carbocycles. The fraction of sp³-hybridized carbons (Fsp3) is 0.208. The van der Waals surface area contributed by atoms with Crippen molar-refractivity contribution < 1.29 is 13.6 Å². The number of fused-ring (bicyclic) bond motifs is 3. The minimum Gasteiger partial charge on any atom is -0.294 e. The summed E-state index contributed by atoms with van der Waals surface area (Å²) in [5.41, 5.74) is 2.34. The molecule has 2 aromatic heterocycles. The zero-order valence-corrected chi connectivity index (χ0v) is 17.4. The van der Waals surface area contributed by atoms with Gasteiger partial charge in [0.05, 0.1) is 5.69 Å². The Morgan fingerprint density at radius 1 is 1.06 bits per heavy atom. The highest BCUT2D eigenvalue weighted by molar-refractivity contribution is 5.78. The average molecular weight is 434 g/mol. The lowest BCUT2D eigenvalue weighted by atomic mass is 10.0. The summed E-state index contributed by atoms with van der Waals surface area (Å²) in [5, 5.41) is 0. The van der Waals surface area contributed by atoms with Crippen LogP contribution in [0.15, 0.2) is 59.5 Å². The molecule has 5 rings (SSSR count). The van der Waals surface area contributed by atoms with Crippen LogP contribution in [-0.4, -0.2) is 31.3 Å². The van der Waals surface area contributed by atoms with E-state index in [9.17, 15) is 18.4 Å². The van der Waals surface area contributed by atoms with Crippen LogP contribution in [0.2, 0.25) is 0 Å². The van der Waals surface area contributed by atoms with Crippen LogP contribution in [0.1, 0.15) is 28.5 Å². The summed E-state index contributed by atoms with van der Waals surface area (Å²) >= 11 is 0. The molecule has 4 aromatic rings. The van der Waals surface area contributed by atoms with E-state index < -0.39 is 17.4 Å². The maximum Gasteiger partial charge on any atom is 0.340 e. The molecule has 0 fully saturated rings. The van der Waals surface area contributed by atoms with Gasteiger partial charge in [0.2, 0.25) is 5.91 Å². The molecule has 2 aromatic carbocycles. The quantitative estimate of drug-likeness (QED) is 0.494. The first-order chi connectivity index (χ1) is 15.4. The number of halogens is 2. The Hall–Kier alpha value is -3.65. The lowest BCUT2D eigenvalue weighted by Gasteiger charge is -2.30. The second-order valence-corrected chi connectivity index (χ2v) is 7.91. The molecular formula is C24H20F2N4O2. The summed E-state index contributed by atoms with van der Waals surface area (Å²) in [7, 11) is 0. The van der Waals surface area contributed by atoms with Crippen LogP contribution >= 0.6 is 0 Å². The third-order valence-electron chi connectivity index (χ3n) is 5.85. The van der Waals surface area contributed by atoms with E-state index in [2.05, 4.69) is 4.98 Å². The van der Waals surface area contributed by atoms with Crippen molar-refractivity contribution in [2.75, 3.05) is 6.54 Å². The van der Waals surface area contributed by atoms with Crippen molar-refractivity contribution in [1.29, 1.82) is 0 Å². The number of benzene rings is 2. The first kappa shape index (κ1) is 20.3. The van der Waals surface area contributed by atoms with Crippen LogP contribution in [0.25, 0.3) is 16.9 Å². The number of rotatable bonds is 3. The zero-order valence-electron chi connectivity index (χ0n) is 17.4. The first-order valence-corrected chi connectivity index (χ1v) is 10.3. The van der Waals surface area contributed by atoms with Gasteiger partial charge < -0.3 is 0 Å². The summed E-state index contributed by atoms with van der Waals surface area (Å²) < 4.78 is 31.0. The molecule has 1 aliphatic heterocycles. The molecule has 8 heteroatoms. The minimum atomic E-state index is -0.524. The number of carbonyl (C=O) groups is 1. The molecule has 0 unspecified atom stereocenters. The lowest BCUT2D eigenvalue weighted by molar-refractivity contribution is 0.0922. The van der Waals surface area contributed by atoms with Crippen molar-refractivity contribution in [3.63, 3.8) is 0 Å². The molecular weight excluding hydrogens is 414 g/mol. The van der Waals surface area contributed by atoms with Gasteiger partial charge in [-0.15, -0.1) is 0 Å². The first-order valence-electron chi connectivity index (χ1n) is 10.3. The van der Waals surface area contributed by atoms with Gasteiger partial charge in [0.15, 0.2) is 0 Å². The minimum absolute atomic E-state index is 0.276. The Labute approximate surface area is 182 Å². The van der Waals surface area contributed by atoms with Gasteiger partial charge in [0.1, 0.15) is 17.3 Å². The Kier molecular flexibility index (Phi) is 4.94. The molecule has 0 radical (unpaired) electrons. The molecule has 0 saturated heterocycles. The zero-order chi connectivity index (χ0) is 22.4. The summed E-state index contributed by atoms with van der Waals surface area (Å²) in [4.78, 5) is 32.1. The SMILES string of the molecule is CC(=O)n1c2c(c3nc(-c4ccccc4F)cn3c1=O)CN(Cc1ccccc1F)CC2. The van der Waals surface area contributed by atoms with E-state index in [1.54, 1.807) is 36.4 Å². The molecule has 0 N–H and O–H groups in total. The third-order valence-corrected chi connectivity index (χ3v) is 5.85. The van der Waals surface area contributed by atoms with E-state index >= 15 is 0 Å². The van der Waals surface area contributed by atoms with E-state index in [1.807, 2.05) is 4.90 Å². The molecule has 162 valence electrons. The van der Waals surface area contributed by atoms with E-state index in [1.165, 1.54) is 29.7 Å². The topological polar surface area (TPSA) is 59.6 Å². The van der Waals surface area contributed by atoms with Gasteiger partial charge in [-0.3, -0.25) is 14.1 Å². The van der Waals surface area contributed by atoms with Gasteiger partial charge in [-0.1, -0.05) is 30.3 Å². The van der Waals surface area contributed by atoms with E-state index in [0.717, 1.165) is 4.57 Å². The number of imidazole rings is 1. The highest BCUT2D eigenvalue weighted by Gasteiger charge is 2.27. The number of carbonyl (C=O) groups excluding carboxylic acids is 1.